The molecule has 4 N–H and O–H groups in total. The van der Waals surface area contributed by atoms with Crippen LogP contribution in [0.3, 0.4) is 0 Å². The molecule has 0 saturated heterocycles. The van der Waals surface area contributed by atoms with E-state index < -0.39 is 22.2 Å². The summed E-state index contributed by atoms with van der Waals surface area (Å²) in [5.74, 6) is 3.73. The molecule has 0 aliphatic carbocycles. The third-order valence-electron chi connectivity index (χ3n) is 7.06. The maximum Gasteiger partial charge on any atom is 0.133 e. The van der Waals surface area contributed by atoms with Gasteiger partial charge >= 0.3 is 0 Å². The summed E-state index contributed by atoms with van der Waals surface area (Å²) in [7, 11) is 0. The molecule has 0 aromatic carbocycles. The second-order valence-corrected chi connectivity index (χ2v) is 12.7. The molecule has 4 aliphatic heterocycles. The van der Waals surface area contributed by atoms with E-state index in [1.54, 1.807) is 0 Å². The van der Waals surface area contributed by atoms with Gasteiger partial charge in [-0.05, 0) is 81.1 Å². The van der Waals surface area contributed by atoms with E-state index in [0.717, 1.165) is 101 Å². The zero-order valence-corrected chi connectivity index (χ0v) is 31.0. The van der Waals surface area contributed by atoms with Crippen molar-refractivity contribution in [1.82, 2.24) is 21.3 Å². The number of hydrogen-bond donors (Lipinski definition) is 4. The molecule has 0 atom stereocenters. The van der Waals surface area contributed by atoms with Crippen molar-refractivity contribution in [3.63, 3.8) is 0 Å². The Labute approximate surface area is 289 Å². The largest absolute Gasteiger partial charge is 0.372 e. The van der Waals surface area contributed by atoms with E-state index in [1.165, 1.54) is 0 Å². The summed E-state index contributed by atoms with van der Waals surface area (Å²) >= 11 is 0. The number of halogens is 4. The van der Waals surface area contributed by atoms with Crippen LogP contribution in [0.4, 0.5) is 0 Å². The fourth-order valence-corrected chi connectivity index (χ4v) is 4.51. The average Bonchev–Trinajstić information content (AvgIpc) is 3.51. The van der Waals surface area contributed by atoms with E-state index in [-0.39, 0.29) is 49.6 Å². The van der Waals surface area contributed by atoms with E-state index in [4.69, 9.17) is 0 Å². The molecule has 0 spiro atoms. The molecule has 44 heavy (non-hydrogen) atoms. The summed E-state index contributed by atoms with van der Waals surface area (Å²) in [5.41, 5.74) is -1.64. The summed E-state index contributed by atoms with van der Waals surface area (Å²) in [6.07, 6.45) is 4.59. The molecule has 12 nitrogen and oxygen atoms in total. The van der Waals surface area contributed by atoms with Gasteiger partial charge in [0, 0.05) is 39.3 Å². The zero-order valence-electron chi connectivity index (χ0n) is 27.7. The fraction of sp³-hybridized carbons (Fsp3) is 0.857. The fourth-order valence-electron chi connectivity index (χ4n) is 4.51. The number of amidine groups is 4. The molecule has 0 aromatic heterocycles. The highest BCUT2D eigenvalue weighted by Gasteiger charge is 2.32. The summed E-state index contributed by atoms with van der Waals surface area (Å²) in [4.78, 5) is 18.1. The van der Waals surface area contributed by atoms with E-state index in [0.29, 0.717) is 0 Å². The predicted molar refractivity (Wildman–Crippen MR) is 195 cm³/mol. The first-order chi connectivity index (χ1) is 18.8. The molecule has 0 unspecified atom stereocenters. The van der Waals surface area contributed by atoms with Gasteiger partial charge in [-0.25, -0.2) is 0 Å². The van der Waals surface area contributed by atoms with Crippen molar-refractivity contribution in [2.75, 3.05) is 52.4 Å². The molecule has 4 rings (SSSR count). The molecular formula is C28H56Cl4N12. The highest BCUT2D eigenvalue weighted by atomic mass is 35.5. The van der Waals surface area contributed by atoms with Crippen molar-refractivity contribution in [2.45, 2.75) is 103 Å². The van der Waals surface area contributed by atoms with Gasteiger partial charge in [0.1, 0.15) is 45.5 Å². The minimum absolute atomic E-state index is 0. The van der Waals surface area contributed by atoms with Crippen molar-refractivity contribution in [2.24, 2.45) is 40.4 Å². The zero-order chi connectivity index (χ0) is 29.3. The van der Waals surface area contributed by atoms with Crippen molar-refractivity contribution < 1.29 is 0 Å². The maximum absolute atomic E-state index is 4.63. The normalized spacial score (nSPS) is 19.1. The molecule has 0 fully saturated rings. The highest BCUT2D eigenvalue weighted by Crippen LogP contribution is 2.21. The summed E-state index contributed by atoms with van der Waals surface area (Å²) in [6, 6.07) is 0. The minimum atomic E-state index is -0.424. The standard InChI is InChI=1S/C16H30N6.C12H22N6.4ClH/c1-15(2,13-17-9-5-6-10-18-13)21-22-16(3,4)14-19-11-7-8-12-20-14;1-11(2,9-13-5-6-14-9)17-18-12(3,4)10-15-7-8-16-10;;;;/h5-12H2,1-4H3,(H,17,18)(H,19,20);5-8H2,1-4H3,(H,13,14)(H,15,16);4*1H. The number of azo groups is 2. The Morgan fingerprint density at radius 2 is 0.636 bits per heavy atom. The number of aliphatic imine (C=N–C) groups is 4. The second kappa shape index (κ2) is 19.7. The number of nitrogens with zero attached hydrogens (tertiary/aromatic N) is 8. The predicted octanol–water partition coefficient (Wildman–Crippen LogP) is 5.25. The molecule has 256 valence electrons. The lowest BCUT2D eigenvalue weighted by molar-refractivity contribution is 0.545. The van der Waals surface area contributed by atoms with Crippen molar-refractivity contribution in [3.8, 4) is 0 Å². The van der Waals surface area contributed by atoms with Gasteiger partial charge in [0.25, 0.3) is 0 Å². The summed E-state index contributed by atoms with van der Waals surface area (Å²) in [5, 5.41) is 31.5. The van der Waals surface area contributed by atoms with E-state index in [9.17, 15) is 0 Å². The van der Waals surface area contributed by atoms with Gasteiger partial charge in [-0.3, -0.25) is 20.0 Å². The van der Waals surface area contributed by atoms with Gasteiger partial charge < -0.3 is 21.3 Å². The maximum atomic E-state index is 4.63. The third-order valence-corrected chi connectivity index (χ3v) is 7.06. The lowest BCUT2D eigenvalue weighted by Gasteiger charge is -2.26. The topological polar surface area (TPSA) is 147 Å². The third kappa shape index (κ3) is 13.3. The first-order valence-electron chi connectivity index (χ1n) is 14.9. The van der Waals surface area contributed by atoms with Crippen LogP contribution < -0.4 is 21.3 Å². The first kappa shape index (κ1) is 44.4. The van der Waals surface area contributed by atoms with Gasteiger partial charge in [-0.1, -0.05) is 0 Å². The molecule has 16 heteroatoms. The molecule has 0 aromatic rings. The molecule has 0 radical (unpaired) electrons. The number of hydrogen-bond acceptors (Lipinski definition) is 12. The van der Waals surface area contributed by atoms with Gasteiger partial charge in [0.05, 0.1) is 13.1 Å². The van der Waals surface area contributed by atoms with Gasteiger partial charge in [0.15, 0.2) is 0 Å². The average molecular weight is 703 g/mol. The minimum Gasteiger partial charge on any atom is -0.372 e. The molecule has 0 bridgehead atoms. The molecule has 0 amide bonds. The first-order valence-corrected chi connectivity index (χ1v) is 14.9. The lowest BCUT2D eigenvalue weighted by Crippen LogP contribution is -2.43. The summed E-state index contributed by atoms with van der Waals surface area (Å²) in [6.45, 7) is 23.5. The van der Waals surface area contributed by atoms with Crippen LogP contribution in [0.1, 0.15) is 81.1 Å². The molecule has 4 aliphatic rings. The Hall–Kier alpha value is -1.76. The Balaban J connectivity index is 0. The van der Waals surface area contributed by atoms with Crippen LogP contribution in [-0.4, -0.2) is 97.9 Å². The number of nitrogens with one attached hydrogen (secondary N) is 4. The highest BCUT2D eigenvalue weighted by molar-refractivity contribution is 5.94. The monoisotopic (exact) mass is 700 g/mol. The van der Waals surface area contributed by atoms with Gasteiger partial charge in [0.2, 0.25) is 0 Å². The molecule has 4 heterocycles. The van der Waals surface area contributed by atoms with Crippen molar-refractivity contribution >= 4 is 73.0 Å². The van der Waals surface area contributed by atoms with Crippen molar-refractivity contribution in [3.05, 3.63) is 0 Å². The summed E-state index contributed by atoms with van der Waals surface area (Å²) < 4.78 is 0. The van der Waals surface area contributed by atoms with Crippen LogP contribution in [0.15, 0.2) is 40.4 Å². The van der Waals surface area contributed by atoms with Crippen molar-refractivity contribution in [1.29, 1.82) is 0 Å². The van der Waals surface area contributed by atoms with E-state index in [1.807, 2.05) is 27.7 Å². The van der Waals surface area contributed by atoms with Gasteiger partial charge in [-0.2, -0.15) is 20.5 Å². The van der Waals surface area contributed by atoms with Gasteiger partial charge in [-0.15, -0.1) is 49.6 Å². The molecule has 0 saturated carbocycles. The molecular weight excluding hydrogens is 646 g/mol. The van der Waals surface area contributed by atoms with E-state index in [2.05, 4.69) is 89.4 Å². The van der Waals surface area contributed by atoms with Crippen LogP contribution >= 0.6 is 49.6 Å². The van der Waals surface area contributed by atoms with E-state index >= 15 is 0 Å². The Kier molecular flexibility index (Phi) is 19.9. The van der Waals surface area contributed by atoms with Crippen LogP contribution in [-0.2, 0) is 0 Å². The SMILES string of the molecule is CC(C)(N=NC(C)(C)C1=NCCCCN1)C1=NCCCCN1.CC(C)(N=NC(C)(C)C1=NCCN1)C1=NCCN1.Cl.Cl.Cl.Cl. The second-order valence-electron chi connectivity index (χ2n) is 12.7. The number of rotatable bonds is 8. The van der Waals surface area contributed by atoms with Crippen LogP contribution in [0.5, 0.6) is 0 Å². The Morgan fingerprint density at radius 3 is 0.886 bits per heavy atom. The van der Waals surface area contributed by atoms with Crippen LogP contribution in [0.25, 0.3) is 0 Å². The lowest BCUT2D eigenvalue weighted by atomic mass is 10.0. The smallest absolute Gasteiger partial charge is 0.133 e. The Bertz CT molecular complexity index is 969. The quantitative estimate of drug-likeness (QED) is 0.256. The van der Waals surface area contributed by atoms with Crippen LogP contribution in [0.2, 0.25) is 0 Å². The Morgan fingerprint density at radius 1 is 0.386 bits per heavy atom. The van der Waals surface area contributed by atoms with Crippen LogP contribution in [0, 0.1) is 0 Å².